The van der Waals surface area contributed by atoms with Crippen LogP contribution >= 0.6 is 0 Å². The number of carbonyl (C=O) groups excluding carboxylic acids is 2. The van der Waals surface area contributed by atoms with Crippen LogP contribution in [0.15, 0.2) is 66.9 Å². The lowest BCUT2D eigenvalue weighted by atomic mass is 9.93. The predicted octanol–water partition coefficient (Wildman–Crippen LogP) is 8.19. The van der Waals surface area contributed by atoms with Gasteiger partial charge in [0.15, 0.2) is 11.5 Å². The number of ether oxygens (including phenoxy) is 2. The van der Waals surface area contributed by atoms with Crippen molar-refractivity contribution in [2.24, 2.45) is 5.92 Å². The van der Waals surface area contributed by atoms with Crippen molar-refractivity contribution in [1.82, 2.24) is 14.8 Å². The maximum Gasteiger partial charge on any atom is 0.322 e. The van der Waals surface area contributed by atoms with Gasteiger partial charge in [0.2, 0.25) is 5.91 Å². The van der Waals surface area contributed by atoms with E-state index in [1.807, 2.05) is 41.4 Å². The monoisotopic (exact) mass is 626 g/mol. The molecule has 0 radical (unpaired) electrons. The summed E-state index contributed by atoms with van der Waals surface area (Å²) in [6, 6.07) is 19.8. The minimum Gasteiger partial charge on any atom is -0.493 e. The lowest BCUT2D eigenvalue weighted by Crippen LogP contribution is -2.46. The molecule has 3 amide bonds. The van der Waals surface area contributed by atoms with Gasteiger partial charge in [-0.15, -0.1) is 0 Å². The van der Waals surface area contributed by atoms with Crippen LogP contribution in [-0.2, 0) is 17.8 Å². The molecule has 46 heavy (non-hydrogen) atoms. The molecule has 4 rings (SSSR count). The second-order valence-electron chi connectivity index (χ2n) is 12.9. The van der Waals surface area contributed by atoms with E-state index >= 15 is 0 Å². The van der Waals surface area contributed by atoms with Crippen LogP contribution in [0.2, 0.25) is 0 Å². The molecule has 4 aromatic rings. The normalized spacial score (nSPS) is 11.4. The van der Waals surface area contributed by atoms with Crippen molar-refractivity contribution in [3.63, 3.8) is 0 Å². The zero-order valence-electron chi connectivity index (χ0n) is 28.6. The Morgan fingerprint density at radius 2 is 1.50 bits per heavy atom. The average molecular weight is 627 g/mol. The molecule has 0 atom stereocenters. The largest absolute Gasteiger partial charge is 0.493 e. The summed E-state index contributed by atoms with van der Waals surface area (Å²) in [6.07, 6.45) is 2.68. The van der Waals surface area contributed by atoms with Crippen molar-refractivity contribution >= 4 is 28.5 Å². The number of benzene rings is 3. The number of aromatic amines is 1. The Morgan fingerprint density at radius 1 is 0.826 bits per heavy atom. The van der Waals surface area contributed by atoms with E-state index in [0.29, 0.717) is 37.6 Å². The van der Waals surface area contributed by atoms with Crippen LogP contribution in [0.25, 0.3) is 10.9 Å². The molecular weight excluding hydrogens is 576 g/mol. The van der Waals surface area contributed by atoms with Crippen molar-refractivity contribution in [1.29, 1.82) is 0 Å². The Morgan fingerprint density at radius 3 is 2.13 bits per heavy atom. The van der Waals surface area contributed by atoms with E-state index in [9.17, 15) is 9.59 Å². The second kappa shape index (κ2) is 15.7. The van der Waals surface area contributed by atoms with Crippen molar-refractivity contribution in [3.05, 3.63) is 89.1 Å². The van der Waals surface area contributed by atoms with Gasteiger partial charge in [0.05, 0.1) is 14.2 Å². The molecule has 0 saturated carbocycles. The van der Waals surface area contributed by atoms with Gasteiger partial charge in [0.1, 0.15) is 6.54 Å². The van der Waals surface area contributed by atoms with Gasteiger partial charge < -0.3 is 29.6 Å². The van der Waals surface area contributed by atoms with Gasteiger partial charge in [0.25, 0.3) is 0 Å². The van der Waals surface area contributed by atoms with Gasteiger partial charge in [-0.25, -0.2) is 4.79 Å². The molecule has 1 heterocycles. The Hall–Kier alpha value is -4.46. The number of fused-ring (bicyclic) bond motifs is 1. The topological polar surface area (TPSA) is 86.9 Å². The summed E-state index contributed by atoms with van der Waals surface area (Å²) in [5.41, 5.74) is 6.15. The Kier molecular flexibility index (Phi) is 11.7. The highest BCUT2D eigenvalue weighted by atomic mass is 16.5. The fraction of sp³-hybridized carbons (Fsp3) is 0.421. The van der Waals surface area contributed by atoms with Crippen LogP contribution in [0.5, 0.6) is 11.5 Å². The maximum atomic E-state index is 14.2. The van der Waals surface area contributed by atoms with Crippen LogP contribution in [0, 0.1) is 5.92 Å². The third-order valence-corrected chi connectivity index (χ3v) is 8.30. The first-order valence-electron chi connectivity index (χ1n) is 16.2. The number of anilines is 1. The van der Waals surface area contributed by atoms with Crippen molar-refractivity contribution in [2.75, 3.05) is 39.2 Å². The van der Waals surface area contributed by atoms with E-state index in [0.717, 1.165) is 38.8 Å². The van der Waals surface area contributed by atoms with Crippen molar-refractivity contribution < 1.29 is 19.1 Å². The molecule has 0 aliphatic heterocycles. The highest BCUT2D eigenvalue weighted by molar-refractivity contribution is 5.94. The van der Waals surface area contributed by atoms with Crippen molar-refractivity contribution in [2.45, 2.75) is 66.3 Å². The maximum absolute atomic E-state index is 14.2. The van der Waals surface area contributed by atoms with E-state index in [1.54, 1.807) is 19.1 Å². The number of carbonyl (C=O) groups is 2. The highest BCUT2D eigenvalue weighted by Gasteiger charge is 2.25. The van der Waals surface area contributed by atoms with Gasteiger partial charge >= 0.3 is 6.03 Å². The molecule has 8 heteroatoms. The summed E-state index contributed by atoms with van der Waals surface area (Å²) in [7, 11) is 3.21. The number of aromatic nitrogens is 1. The van der Waals surface area contributed by atoms with E-state index < -0.39 is 0 Å². The molecule has 0 spiro atoms. The Labute approximate surface area is 274 Å². The number of nitrogens with zero attached hydrogens (tertiary/aromatic N) is 2. The number of urea groups is 1. The average Bonchev–Trinajstić information content (AvgIpc) is 3.45. The minimum atomic E-state index is -0.264. The summed E-state index contributed by atoms with van der Waals surface area (Å²) in [5, 5.41) is 4.37. The number of hydrogen-bond donors (Lipinski definition) is 2. The summed E-state index contributed by atoms with van der Waals surface area (Å²) in [6.45, 7) is 13.9. The van der Waals surface area contributed by atoms with E-state index in [-0.39, 0.29) is 36.2 Å². The first-order chi connectivity index (χ1) is 22.0. The Bertz CT molecular complexity index is 1600. The fourth-order valence-corrected chi connectivity index (χ4v) is 5.89. The zero-order chi connectivity index (χ0) is 33.4. The molecule has 0 bridgehead atoms. The third-order valence-electron chi connectivity index (χ3n) is 8.30. The van der Waals surface area contributed by atoms with E-state index in [4.69, 9.17) is 9.47 Å². The SMILES string of the molecule is COc1ccc(CN(CCc2c[nH]c3ccccc23)C(=O)CN(CC(C)C)C(=O)Nc2c(C(C)C)cccc2C(C)C)cc1OC. The molecule has 0 aliphatic carbocycles. The molecule has 0 aliphatic rings. The summed E-state index contributed by atoms with van der Waals surface area (Å²) in [4.78, 5) is 35.0. The molecule has 3 aromatic carbocycles. The van der Waals surface area contributed by atoms with Crippen LogP contribution in [0.1, 0.15) is 75.6 Å². The molecule has 0 unspecified atom stereocenters. The third kappa shape index (κ3) is 8.42. The van der Waals surface area contributed by atoms with Crippen LogP contribution in [0.4, 0.5) is 10.5 Å². The van der Waals surface area contributed by atoms with Crippen LogP contribution in [0.3, 0.4) is 0 Å². The van der Waals surface area contributed by atoms with Crippen LogP contribution < -0.4 is 14.8 Å². The molecule has 0 fully saturated rings. The first kappa shape index (κ1) is 34.4. The summed E-state index contributed by atoms with van der Waals surface area (Å²) < 4.78 is 11.0. The molecule has 1 aromatic heterocycles. The number of amides is 3. The van der Waals surface area contributed by atoms with Gasteiger partial charge in [-0.05, 0) is 64.6 Å². The fourth-order valence-electron chi connectivity index (χ4n) is 5.89. The summed E-state index contributed by atoms with van der Waals surface area (Å²) in [5.74, 6) is 1.76. The number of para-hydroxylation sites is 2. The summed E-state index contributed by atoms with van der Waals surface area (Å²) >= 11 is 0. The quantitative estimate of drug-likeness (QED) is 0.148. The molecule has 8 nitrogen and oxygen atoms in total. The molecule has 0 saturated heterocycles. The minimum absolute atomic E-state index is 0.0357. The van der Waals surface area contributed by atoms with Crippen molar-refractivity contribution in [3.8, 4) is 11.5 Å². The number of hydrogen-bond acceptors (Lipinski definition) is 4. The van der Waals surface area contributed by atoms with Gasteiger partial charge in [-0.1, -0.05) is 84.0 Å². The Balaban J connectivity index is 1.61. The smallest absolute Gasteiger partial charge is 0.322 e. The molecule has 2 N–H and O–H groups in total. The lowest BCUT2D eigenvalue weighted by Gasteiger charge is -2.30. The second-order valence-corrected chi connectivity index (χ2v) is 12.9. The van der Waals surface area contributed by atoms with Crippen LogP contribution in [-0.4, -0.2) is 60.6 Å². The number of rotatable bonds is 14. The molecule has 246 valence electrons. The lowest BCUT2D eigenvalue weighted by molar-refractivity contribution is -0.132. The number of H-pyrrole nitrogens is 1. The van der Waals surface area contributed by atoms with Gasteiger partial charge in [-0.3, -0.25) is 4.79 Å². The number of methoxy groups -OCH3 is 2. The van der Waals surface area contributed by atoms with E-state index in [1.165, 1.54) is 0 Å². The predicted molar refractivity (Wildman–Crippen MR) is 187 cm³/mol. The standard InChI is InChI=1S/C38H50N4O4/c1-25(2)22-42(38(44)40-37-30(26(3)4)13-11-14-31(37)27(5)6)24-36(43)41(23-28-16-17-34(45-7)35(20-28)46-8)19-18-29-21-39-33-15-10-9-12-32(29)33/h9-17,20-21,25-27,39H,18-19,22-24H2,1-8H3,(H,40,44). The highest BCUT2D eigenvalue weighted by Crippen LogP contribution is 2.33. The van der Waals surface area contributed by atoms with E-state index in [2.05, 4.69) is 82.2 Å². The first-order valence-corrected chi connectivity index (χ1v) is 16.2. The van der Waals surface area contributed by atoms with Gasteiger partial charge in [0, 0.05) is 42.4 Å². The van der Waals surface area contributed by atoms with Gasteiger partial charge in [-0.2, -0.15) is 0 Å². The molecular formula is C38H50N4O4. The zero-order valence-corrected chi connectivity index (χ0v) is 28.6. The number of nitrogens with one attached hydrogen (secondary N) is 2.